The van der Waals surface area contributed by atoms with Crippen molar-refractivity contribution in [2.24, 2.45) is 0 Å². The lowest BCUT2D eigenvalue weighted by Crippen LogP contribution is -2.61. The fourth-order valence-electron chi connectivity index (χ4n) is 11.9. The quantitative estimate of drug-likeness (QED) is 0.0184. The summed E-state index contributed by atoms with van der Waals surface area (Å²) >= 11 is 0. The second kappa shape index (κ2) is 26.9. The van der Waals surface area contributed by atoms with Crippen molar-refractivity contribution < 1.29 is 56.6 Å². The van der Waals surface area contributed by atoms with Gasteiger partial charge in [-0.25, -0.2) is 9.48 Å². The Morgan fingerprint density at radius 2 is 1.69 bits per heavy atom. The maximum Gasteiger partial charge on any atom is 0.355 e. The van der Waals surface area contributed by atoms with Gasteiger partial charge in [0.2, 0.25) is 29.5 Å². The molecule has 87 heavy (non-hydrogen) atoms. The first-order chi connectivity index (χ1) is 41.9. The van der Waals surface area contributed by atoms with Gasteiger partial charge in [0.1, 0.15) is 29.9 Å². The smallest absolute Gasteiger partial charge is 0.355 e. The van der Waals surface area contributed by atoms with Gasteiger partial charge in [0.05, 0.1) is 18.7 Å². The number of unbranched alkanes of at least 4 members (excludes halogenated alkanes) is 4. The molecule has 10 rings (SSSR count). The Morgan fingerprint density at radius 1 is 0.897 bits per heavy atom. The summed E-state index contributed by atoms with van der Waals surface area (Å²) in [6.45, 7) is 5.91. The fourth-order valence-corrected chi connectivity index (χ4v) is 13.8. The molecule has 7 amide bonds. The maximum absolute atomic E-state index is 17.0. The number of benzene rings is 5. The number of likely N-dealkylation sites (N-methyl/N-ethyl adjacent to an activating group) is 1. The van der Waals surface area contributed by atoms with Crippen molar-refractivity contribution in [1.82, 2.24) is 45.5 Å². The number of piperidine rings is 1. The van der Waals surface area contributed by atoms with E-state index in [1.807, 2.05) is 38.1 Å². The van der Waals surface area contributed by atoms with Crippen LogP contribution in [0.25, 0.3) is 21.7 Å². The number of carbonyl (C=O) groups excluding carboxylic acids is 8. The van der Waals surface area contributed by atoms with Crippen LogP contribution in [0.4, 0.5) is 4.39 Å². The van der Waals surface area contributed by atoms with Crippen LogP contribution in [0.2, 0.25) is 0 Å². The van der Waals surface area contributed by atoms with E-state index in [1.54, 1.807) is 65.4 Å². The van der Waals surface area contributed by atoms with Gasteiger partial charge in [-0.05, 0) is 135 Å². The number of H-pyrrole nitrogens is 1. The molecule has 1 aromatic heterocycles. The highest BCUT2D eigenvalue weighted by Crippen LogP contribution is 2.58. The maximum atomic E-state index is 17.0. The van der Waals surface area contributed by atoms with Crippen LogP contribution in [0.5, 0.6) is 5.75 Å². The molecule has 0 aliphatic carbocycles. The largest absolute Gasteiger partial charge is 0.465 e. The normalized spacial score (nSPS) is 19.9. The van der Waals surface area contributed by atoms with Crippen molar-refractivity contribution >= 4 is 76.5 Å². The Labute approximate surface area is 503 Å². The van der Waals surface area contributed by atoms with Crippen molar-refractivity contribution in [1.29, 1.82) is 0 Å². The third-order valence-corrected chi connectivity index (χ3v) is 18.7. The van der Waals surface area contributed by atoms with Crippen molar-refractivity contribution in [3.8, 4) is 17.6 Å². The third kappa shape index (κ3) is 13.6. The number of nitrogens with one attached hydrogen (secondary N) is 4. The Bertz CT molecular complexity index is 3770. The second-order valence-corrected chi connectivity index (χ2v) is 24.9. The number of aromatic amines is 1. The summed E-state index contributed by atoms with van der Waals surface area (Å²) < 4.78 is 42.6. The number of hydrogen-bond acceptors (Lipinski definition) is 12. The molecule has 5 aromatic carbocycles. The van der Waals surface area contributed by atoms with Crippen LogP contribution < -0.4 is 20.2 Å². The molecule has 4 N–H and O–H groups in total. The molecular formula is C65H71FN9O11P. The molecule has 3 saturated heterocycles. The van der Waals surface area contributed by atoms with Gasteiger partial charge in [-0.2, -0.15) is 5.10 Å². The number of nitrogens with zero attached hydrogens (tertiary/aromatic N) is 5. The molecule has 454 valence electrons. The average molecular weight is 1200 g/mol. The monoisotopic (exact) mass is 1200 g/mol. The summed E-state index contributed by atoms with van der Waals surface area (Å²) in [5.74, 6) is 0.625. The molecule has 22 heteroatoms. The molecule has 3 fully saturated rings. The van der Waals surface area contributed by atoms with Gasteiger partial charge < -0.3 is 34.2 Å². The highest BCUT2D eigenvalue weighted by Gasteiger charge is 2.47. The Hall–Kier alpha value is -8.73. The van der Waals surface area contributed by atoms with Crippen LogP contribution >= 0.6 is 7.52 Å². The summed E-state index contributed by atoms with van der Waals surface area (Å²) in [7, 11) is -2.85. The van der Waals surface area contributed by atoms with E-state index < -0.39 is 73.2 Å². The first kappa shape index (κ1) is 61.4. The minimum absolute atomic E-state index is 0.0647. The van der Waals surface area contributed by atoms with Gasteiger partial charge in [0.15, 0.2) is 5.69 Å². The van der Waals surface area contributed by atoms with Crippen LogP contribution in [-0.2, 0) is 39.8 Å². The minimum Gasteiger partial charge on any atom is -0.465 e. The Morgan fingerprint density at radius 3 is 2.48 bits per heavy atom. The summed E-state index contributed by atoms with van der Waals surface area (Å²) in [5, 5.41) is 16.8. The average Bonchev–Trinajstić information content (AvgIpc) is 2.11. The second-order valence-electron chi connectivity index (χ2n) is 22.8. The molecule has 0 bridgehead atoms. The minimum atomic E-state index is -4.58. The van der Waals surface area contributed by atoms with Crippen molar-refractivity contribution in [3.63, 3.8) is 0 Å². The molecule has 7 atom stereocenters. The number of ether oxygens (including phenoxy) is 1. The fraction of sp³-hybridized carbons (Fsp3) is 0.400. The van der Waals surface area contributed by atoms with Crippen molar-refractivity contribution in [2.75, 3.05) is 33.3 Å². The van der Waals surface area contributed by atoms with Gasteiger partial charge in [-0.3, -0.25) is 53.3 Å². The lowest BCUT2D eigenvalue weighted by Gasteiger charge is -2.39. The van der Waals surface area contributed by atoms with E-state index in [4.69, 9.17) is 9.26 Å². The van der Waals surface area contributed by atoms with E-state index in [9.17, 15) is 38.1 Å². The number of aryl methyl sites for hydroxylation is 1. The number of alkyl halides is 1. The number of esters is 1. The number of hydrogen-bond donors (Lipinski definition) is 4. The molecule has 20 nitrogen and oxygen atoms in total. The van der Waals surface area contributed by atoms with E-state index in [1.165, 1.54) is 47.1 Å². The van der Waals surface area contributed by atoms with E-state index in [0.717, 1.165) is 36.0 Å². The zero-order valence-corrected chi connectivity index (χ0v) is 50.0. The number of rotatable bonds is 20. The van der Waals surface area contributed by atoms with E-state index >= 15 is 9.18 Å². The van der Waals surface area contributed by atoms with Crippen molar-refractivity contribution in [2.45, 2.75) is 134 Å². The Kier molecular flexibility index (Phi) is 19.0. The summed E-state index contributed by atoms with van der Waals surface area (Å²) in [6.07, 6.45) is 6.03. The third-order valence-electron chi connectivity index (χ3n) is 16.6. The predicted octanol–water partition coefficient (Wildman–Crippen LogP) is 8.42. The molecule has 5 heterocycles. The van der Waals surface area contributed by atoms with Crippen LogP contribution in [0, 0.1) is 18.8 Å². The molecule has 3 unspecified atom stereocenters. The molecular weight excluding hydrogens is 1130 g/mol. The lowest BCUT2D eigenvalue weighted by molar-refractivity contribution is -0.146. The Balaban J connectivity index is 0.812. The van der Waals surface area contributed by atoms with Crippen LogP contribution in [-0.4, -0.2) is 141 Å². The van der Waals surface area contributed by atoms with Gasteiger partial charge in [-0.15, -0.1) is 0 Å². The number of para-hydroxylation sites is 1. The summed E-state index contributed by atoms with van der Waals surface area (Å²) in [6, 6.07) is 23.8. The molecule has 4 aliphatic heterocycles. The molecule has 6 aromatic rings. The lowest BCUT2D eigenvalue weighted by atomic mass is 10.0. The highest BCUT2D eigenvalue weighted by molar-refractivity contribution is 7.57. The number of fused-ring (bicyclic) bond motifs is 4. The zero-order valence-electron chi connectivity index (χ0n) is 49.1. The molecule has 0 radical (unpaired) electrons. The van der Waals surface area contributed by atoms with Crippen LogP contribution in [0.15, 0.2) is 103 Å². The number of carbonyl (C=O) groups is 8. The predicted molar refractivity (Wildman–Crippen MR) is 323 cm³/mol. The van der Waals surface area contributed by atoms with E-state index in [2.05, 4.69) is 37.8 Å². The van der Waals surface area contributed by atoms with Gasteiger partial charge in [-0.1, -0.05) is 85.7 Å². The summed E-state index contributed by atoms with van der Waals surface area (Å²) in [5.41, 5.74) is 3.79. The van der Waals surface area contributed by atoms with Crippen LogP contribution in [0.3, 0.4) is 0 Å². The highest BCUT2D eigenvalue weighted by atomic mass is 31.2. The van der Waals surface area contributed by atoms with Gasteiger partial charge in [0.25, 0.3) is 17.7 Å². The molecule has 4 aliphatic rings. The SMILES string of the molecule is CCCOC(=O)[C@H](C)NP(=O)(Oc1ccccc1)C(F)c1ccc2ccc(C(=O)N[C@H]3CN(C(=O)c4n[nH]c5ccc(C)cc45)CC[C@H]4CC[C@@H](C(=O)N(C)CCCCCCC#Cc5cccc6c5CN(C5CCC(=O)NC5=O)C6=O)N4C3=O)cc2c1. The number of imide groups is 1. The number of amides is 7. The van der Waals surface area contributed by atoms with E-state index in [0.29, 0.717) is 72.3 Å². The van der Waals surface area contributed by atoms with Crippen LogP contribution in [0.1, 0.15) is 144 Å². The zero-order chi connectivity index (χ0) is 61.5. The van der Waals surface area contributed by atoms with Gasteiger partial charge in [0, 0.05) is 67.6 Å². The van der Waals surface area contributed by atoms with Crippen molar-refractivity contribution in [3.05, 3.63) is 142 Å². The van der Waals surface area contributed by atoms with E-state index in [-0.39, 0.29) is 79.4 Å². The first-order valence-corrected chi connectivity index (χ1v) is 31.4. The summed E-state index contributed by atoms with van der Waals surface area (Å²) in [4.78, 5) is 115. The number of halogens is 1. The topological polar surface area (TPSA) is 250 Å². The molecule has 0 saturated carbocycles. The first-order valence-electron chi connectivity index (χ1n) is 29.7. The number of aromatic nitrogens is 2. The molecule has 0 spiro atoms. The standard InChI is InChI=1S/C65H71FN9O11P/c1-5-34-85-65(83)41(3)71-87(84,86-48-18-12-10-13-19-48)58(66)44-24-22-42-23-25-45(37-46(42)36-44)59(77)67-53-39-73(64(82)57-50-35-40(2)21-27-52(50)69-70-57)33-31-47-26-28-55(75(47)62(53)80)63(81)72(4)32-14-9-7-6-8-11-16-43-17-15-20-49-51(43)38-74(61(49)79)54-29-30-56(76)68-60(54)78/h10,12-13,15,17-25,27,35-37,41,47,53-55,58H,5-9,14,26,28-34,38-39H2,1-4H3,(H,67,77)(H,69,70)(H,71,84)(H,68,76,78)/t41-,47+,53-,54?,55-,58?,87?/m0/s1. The van der Waals surface area contributed by atoms with Gasteiger partial charge >= 0.3 is 13.5 Å².